The minimum absolute atomic E-state index is 0.229. The van der Waals surface area contributed by atoms with E-state index in [4.69, 9.17) is 9.47 Å². The Balaban J connectivity index is 1.48. The van der Waals surface area contributed by atoms with E-state index in [1.165, 1.54) is 16.2 Å². The number of imide groups is 1. The summed E-state index contributed by atoms with van der Waals surface area (Å²) >= 11 is 1.25. The second kappa shape index (κ2) is 6.59. The van der Waals surface area contributed by atoms with Crippen LogP contribution in [0.5, 0.6) is 0 Å². The van der Waals surface area contributed by atoms with Gasteiger partial charge in [-0.05, 0) is 51.3 Å². The Morgan fingerprint density at radius 3 is 2.53 bits per heavy atom. The molecule has 1 unspecified atom stereocenters. The van der Waals surface area contributed by atoms with Crippen LogP contribution in [-0.2, 0) is 19.1 Å². The van der Waals surface area contributed by atoms with Crippen LogP contribution in [0, 0.1) is 10.8 Å². The third-order valence-electron chi connectivity index (χ3n) is 7.22. The Labute approximate surface area is 178 Å². The number of ether oxygens (including phenoxy) is 2. The van der Waals surface area contributed by atoms with Gasteiger partial charge in [-0.1, -0.05) is 24.7 Å². The minimum Gasteiger partial charge on any atom is -0.462 e. The molecule has 3 fully saturated rings. The Hall–Kier alpha value is -2.32. The van der Waals surface area contributed by atoms with Gasteiger partial charge in [-0.2, -0.15) is 0 Å². The highest BCUT2D eigenvalue weighted by Gasteiger charge is 2.77. The molecular weight excluding hydrogens is 404 g/mol. The molecule has 3 saturated heterocycles. The van der Waals surface area contributed by atoms with Gasteiger partial charge in [-0.15, -0.1) is 0 Å². The molecule has 3 aliphatic rings. The minimum atomic E-state index is -0.862. The molecule has 4 atom stereocenters. The number of esters is 1. The van der Waals surface area contributed by atoms with Crippen LogP contribution in [0.4, 0.5) is 5.13 Å². The van der Waals surface area contributed by atoms with E-state index in [0.29, 0.717) is 22.8 Å². The van der Waals surface area contributed by atoms with Crippen molar-refractivity contribution in [2.24, 2.45) is 10.8 Å². The number of nitrogens with zero attached hydrogens (tertiary/aromatic N) is 2. The highest BCUT2D eigenvalue weighted by atomic mass is 32.1. The molecule has 0 N–H and O–H groups in total. The second-order valence-electron chi connectivity index (χ2n) is 8.71. The first-order valence-corrected chi connectivity index (χ1v) is 11.3. The summed E-state index contributed by atoms with van der Waals surface area (Å²) in [5.74, 6) is -0.849. The molecule has 5 rings (SSSR count). The van der Waals surface area contributed by atoms with Crippen LogP contribution in [-0.4, -0.2) is 41.6 Å². The zero-order valence-electron chi connectivity index (χ0n) is 17.3. The van der Waals surface area contributed by atoms with Crippen molar-refractivity contribution in [1.29, 1.82) is 0 Å². The lowest BCUT2D eigenvalue weighted by Gasteiger charge is -2.36. The summed E-state index contributed by atoms with van der Waals surface area (Å²) in [5.41, 5.74) is -0.638. The van der Waals surface area contributed by atoms with Gasteiger partial charge in [0.25, 0.3) is 0 Å². The molecule has 8 heteroatoms. The fourth-order valence-corrected chi connectivity index (χ4v) is 6.14. The lowest BCUT2D eigenvalue weighted by Crippen LogP contribution is -2.48. The van der Waals surface area contributed by atoms with Crippen molar-refractivity contribution in [1.82, 2.24) is 4.98 Å². The maximum Gasteiger partial charge on any atom is 0.338 e. The number of carbonyl (C=O) groups is 3. The molecule has 3 aliphatic heterocycles. The van der Waals surface area contributed by atoms with Gasteiger partial charge in [-0.3, -0.25) is 9.59 Å². The summed E-state index contributed by atoms with van der Waals surface area (Å²) in [7, 11) is 0. The van der Waals surface area contributed by atoms with E-state index in [1.54, 1.807) is 18.2 Å². The van der Waals surface area contributed by atoms with Crippen molar-refractivity contribution >= 4 is 44.5 Å². The van der Waals surface area contributed by atoms with Gasteiger partial charge in [0.1, 0.15) is 0 Å². The van der Waals surface area contributed by atoms with E-state index in [9.17, 15) is 14.4 Å². The fourth-order valence-electron chi connectivity index (χ4n) is 5.13. The van der Waals surface area contributed by atoms with Crippen LogP contribution in [0.2, 0.25) is 0 Å². The maximum absolute atomic E-state index is 13.4. The van der Waals surface area contributed by atoms with Gasteiger partial charge >= 0.3 is 5.97 Å². The van der Waals surface area contributed by atoms with E-state index >= 15 is 0 Å². The number of aromatic nitrogens is 1. The molecule has 2 aromatic rings. The zero-order chi connectivity index (χ0) is 21.3. The zero-order valence-corrected chi connectivity index (χ0v) is 18.1. The molecule has 1 aromatic carbocycles. The molecule has 0 radical (unpaired) electrons. The first kappa shape index (κ1) is 19.6. The van der Waals surface area contributed by atoms with Gasteiger partial charge < -0.3 is 9.47 Å². The molecule has 0 aliphatic carbocycles. The van der Waals surface area contributed by atoms with Crippen LogP contribution in [0.3, 0.4) is 0 Å². The van der Waals surface area contributed by atoms with Crippen LogP contribution in [0.1, 0.15) is 56.8 Å². The standard InChI is InChI=1S/C22H24N2O5S/c1-4-5-10-28-17(25)12-6-7-13-14(11-12)30-20(23-13)24-18(26)21(2)15-8-9-16(29-15)22(21,3)19(24)27/h6-7,11,15-16H,4-5,8-10H2,1-3H3/t15-,16+,21+,22?/m0/s1. The summed E-state index contributed by atoms with van der Waals surface area (Å²) in [6.07, 6.45) is 2.91. The number of hydrogen-bond donors (Lipinski definition) is 0. The molecule has 2 amide bonds. The molecule has 30 heavy (non-hydrogen) atoms. The third-order valence-corrected chi connectivity index (χ3v) is 8.22. The number of rotatable bonds is 5. The number of fused-ring (bicyclic) bond motifs is 6. The van der Waals surface area contributed by atoms with E-state index < -0.39 is 10.8 Å². The van der Waals surface area contributed by atoms with Crippen LogP contribution < -0.4 is 4.90 Å². The average molecular weight is 429 g/mol. The summed E-state index contributed by atoms with van der Waals surface area (Å²) in [6.45, 7) is 6.13. The van der Waals surface area contributed by atoms with Crippen molar-refractivity contribution in [3.63, 3.8) is 0 Å². The van der Waals surface area contributed by atoms with Crippen molar-refractivity contribution in [2.75, 3.05) is 11.5 Å². The quantitative estimate of drug-likeness (QED) is 0.410. The van der Waals surface area contributed by atoms with E-state index in [1.807, 2.05) is 20.8 Å². The Morgan fingerprint density at radius 1 is 1.23 bits per heavy atom. The van der Waals surface area contributed by atoms with Gasteiger partial charge in [0.15, 0.2) is 5.13 Å². The molecule has 0 saturated carbocycles. The first-order valence-electron chi connectivity index (χ1n) is 10.4. The van der Waals surface area contributed by atoms with Crippen LogP contribution in [0.25, 0.3) is 10.2 Å². The Bertz CT molecular complexity index is 1050. The van der Waals surface area contributed by atoms with Crippen molar-refractivity contribution in [2.45, 2.75) is 58.7 Å². The number of thiazole rings is 1. The molecule has 7 nitrogen and oxygen atoms in total. The SMILES string of the molecule is CCCCOC(=O)c1ccc2nc(N3C(=O)C4(C)[C@H]5CC[C@H](O5)[C@]4(C)C3=O)sc2c1. The predicted octanol–water partition coefficient (Wildman–Crippen LogP) is 3.70. The van der Waals surface area contributed by atoms with Crippen molar-refractivity contribution < 1.29 is 23.9 Å². The maximum atomic E-state index is 13.4. The van der Waals surface area contributed by atoms with E-state index in [2.05, 4.69) is 4.98 Å². The highest BCUT2D eigenvalue weighted by molar-refractivity contribution is 7.22. The number of carbonyl (C=O) groups excluding carboxylic acids is 3. The lowest BCUT2D eigenvalue weighted by atomic mass is 9.59. The second-order valence-corrected chi connectivity index (χ2v) is 9.72. The largest absolute Gasteiger partial charge is 0.462 e. The number of unbranched alkanes of at least 4 members (excludes halogenated alkanes) is 1. The third kappa shape index (κ3) is 2.34. The van der Waals surface area contributed by atoms with E-state index in [-0.39, 0.29) is 30.0 Å². The molecular formula is C22H24N2O5S. The summed E-state index contributed by atoms with van der Waals surface area (Å²) in [6, 6.07) is 5.11. The summed E-state index contributed by atoms with van der Waals surface area (Å²) in [4.78, 5) is 44.9. The van der Waals surface area contributed by atoms with Crippen molar-refractivity contribution in [3.8, 4) is 0 Å². The fraction of sp³-hybridized carbons (Fsp3) is 0.545. The molecule has 4 heterocycles. The number of amides is 2. The molecule has 0 spiro atoms. The highest BCUT2D eigenvalue weighted by Crippen LogP contribution is 2.64. The van der Waals surface area contributed by atoms with Crippen molar-refractivity contribution in [3.05, 3.63) is 23.8 Å². The topological polar surface area (TPSA) is 85.8 Å². The first-order chi connectivity index (χ1) is 14.3. The van der Waals surface area contributed by atoms with Gasteiger partial charge in [0, 0.05) is 0 Å². The van der Waals surface area contributed by atoms with Crippen LogP contribution in [0.15, 0.2) is 18.2 Å². The summed E-state index contributed by atoms with van der Waals surface area (Å²) in [5, 5.41) is 0.354. The van der Waals surface area contributed by atoms with Gasteiger partial charge in [0.05, 0.1) is 45.4 Å². The smallest absolute Gasteiger partial charge is 0.338 e. The molecule has 2 bridgehead atoms. The Kier molecular flexibility index (Phi) is 4.31. The van der Waals surface area contributed by atoms with Gasteiger partial charge in [-0.25, -0.2) is 14.7 Å². The predicted molar refractivity (Wildman–Crippen MR) is 111 cm³/mol. The number of anilines is 1. The van der Waals surface area contributed by atoms with Crippen LogP contribution >= 0.6 is 11.3 Å². The normalized spacial score (nSPS) is 32.3. The molecule has 158 valence electrons. The molecule has 1 aromatic heterocycles. The monoisotopic (exact) mass is 428 g/mol. The van der Waals surface area contributed by atoms with Gasteiger partial charge in [0.2, 0.25) is 11.8 Å². The average Bonchev–Trinajstić information content (AvgIpc) is 3.45. The van der Waals surface area contributed by atoms with E-state index in [0.717, 1.165) is 30.4 Å². The number of benzene rings is 1. The Morgan fingerprint density at radius 2 is 1.90 bits per heavy atom. The lowest BCUT2D eigenvalue weighted by molar-refractivity contribution is -0.132. The number of hydrogen-bond acceptors (Lipinski definition) is 7. The summed E-state index contributed by atoms with van der Waals surface area (Å²) < 4.78 is 12.0.